The molecule has 1 aliphatic rings. The molecule has 0 unspecified atom stereocenters. The van der Waals surface area contributed by atoms with Crippen molar-refractivity contribution >= 4 is 20.0 Å². The molecule has 0 radical (unpaired) electrons. The molecule has 1 saturated heterocycles. The molecule has 2 heterocycles. The van der Waals surface area contributed by atoms with Crippen LogP contribution in [-0.4, -0.2) is 38.8 Å². The first-order chi connectivity index (χ1) is 12.2. The molecule has 1 N–H and O–H groups in total. The molecule has 0 saturated carbocycles. The second-order valence-electron chi connectivity index (χ2n) is 6.43. The Kier molecular flexibility index (Phi) is 5.25. The maximum Gasteiger partial charge on any atom is 0.243 e. The number of aromatic nitrogens is 1. The van der Waals surface area contributed by atoms with Gasteiger partial charge in [-0.1, -0.05) is 0 Å². The quantitative estimate of drug-likeness (QED) is 0.802. The molecule has 1 aliphatic heterocycles. The number of aryl methyl sites for hydroxylation is 1. The maximum atomic E-state index is 12.5. The number of benzene rings is 1. The van der Waals surface area contributed by atoms with Crippen molar-refractivity contribution in [3.8, 4) is 0 Å². The normalized spacial score (nSPS) is 16.2. The number of nitrogens with zero attached hydrogens (tertiary/aromatic N) is 2. The number of nitrogens with one attached hydrogen (secondary N) is 1. The van der Waals surface area contributed by atoms with Crippen molar-refractivity contribution in [1.29, 1.82) is 0 Å². The van der Waals surface area contributed by atoms with E-state index in [1.54, 1.807) is 0 Å². The smallest absolute Gasteiger partial charge is 0.243 e. The van der Waals surface area contributed by atoms with Gasteiger partial charge in [0.05, 0.1) is 16.3 Å². The molecule has 0 amide bonds. The van der Waals surface area contributed by atoms with E-state index in [0.717, 1.165) is 24.2 Å². The average molecular weight is 398 g/mol. The number of hydrogen-bond donors (Lipinski definition) is 1. The summed E-state index contributed by atoms with van der Waals surface area (Å²) >= 11 is 0. The van der Waals surface area contributed by atoms with Gasteiger partial charge in [-0.2, -0.15) is 4.31 Å². The van der Waals surface area contributed by atoms with Crippen molar-refractivity contribution in [2.24, 2.45) is 7.05 Å². The van der Waals surface area contributed by atoms with E-state index in [2.05, 4.69) is 4.72 Å². The highest BCUT2D eigenvalue weighted by Gasteiger charge is 2.27. The Morgan fingerprint density at radius 2 is 1.50 bits per heavy atom. The van der Waals surface area contributed by atoms with Crippen LogP contribution in [0.25, 0.3) is 0 Å². The zero-order valence-corrected chi connectivity index (χ0v) is 16.5. The summed E-state index contributed by atoms with van der Waals surface area (Å²) in [5, 5.41) is 0. The largest absolute Gasteiger partial charge is 0.351 e. The summed E-state index contributed by atoms with van der Waals surface area (Å²) in [6, 6.07) is 9.16. The van der Waals surface area contributed by atoms with Gasteiger partial charge in [-0.25, -0.2) is 21.6 Å². The monoisotopic (exact) mass is 397 g/mol. The van der Waals surface area contributed by atoms with E-state index in [9.17, 15) is 16.8 Å². The average Bonchev–Trinajstić information content (AvgIpc) is 3.26. The van der Waals surface area contributed by atoms with Crippen LogP contribution in [0.15, 0.2) is 46.2 Å². The topological polar surface area (TPSA) is 88.5 Å². The Balaban J connectivity index is 1.75. The standard InChI is InChI=1S/C17H23N3O4S2/c1-14-5-6-15(19(14)2)13-18-25(21,22)16-7-9-17(10-8-16)26(23,24)20-11-3-4-12-20/h5-10,18H,3-4,11-13H2,1-2H3. The van der Waals surface area contributed by atoms with E-state index in [1.165, 1.54) is 28.6 Å². The summed E-state index contributed by atoms with van der Waals surface area (Å²) < 4.78 is 55.8. The number of rotatable bonds is 6. The predicted molar refractivity (Wildman–Crippen MR) is 98.6 cm³/mol. The minimum Gasteiger partial charge on any atom is -0.351 e. The fourth-order valence-electron chi connectivity index (χ4n) is 2.97. The molecule has 26 heavy (non-hydrogen) atoms. The van der Waals surface area contributed by atoms with E-state index in [-0.39, 0.29) is 16.3 Å². The van der Waals surface area contributed by atoms with Crippen molar-refractivity contribution in [1.82, 2.24) is 13.6 Å². The molecule has 1 aromatic carbocycles. The van der Waals surface area contributed by atoms with Crippen LogP contribution in [0, 0.1) is 6.92 Å². The van der Waals surface area contributed by atoms with E-state index in [1.807, 2.05) is 30.7 Å². The second-order valence-corrected chi connectivity index (χ2v) is 10.1. The van der Waals surface area contributed by atoms with Crippen LogP contribution in [0.3, 0.4) is 0 Å². The first-order valence-electron chi connectivity index (χ1n) is 8.43. The molecular formula is C17H23N3O4S2. The molecule has 0 aliphatic carbocycles. The minimum atomic E-state index is -3.72. The fourth-order valence-corrected chi connectivity index (χ4v) is 5.48. The molecule has 0 atom stereocenters. The zero-order chi connectivity index (χ0) is 18.9. The third-order valence-corrected chi connectivity index (χ3v) is 8.09. The van der Waals surface area contributed by atoms with Gasteiger partial charge in [0, 0.05) is 31.5 Å². The lowest BCUT2D eigenvalue weighted by Gasteiger charge is -2.15. The van der Waals surface area contributed by atoms with Crippen LogP contribution < -0.4 is 4.72 Å². The lowest BCUT2D eigenvalue weighted by atomic mass is 10.4. The Labute approximate surface area is 154 Å². The van der Waals surface area contributed by atoms with Crippen LogP contribution in [0.1, 0.15) is 24.2 Å². The molecule has 0 spiro atoms. The van der Waals surface area contributed by atoms with Gasteiger partial charge in [-0.05, 0) is 56.2 Å². The zero-order valence-electron chi connectivity index (χ0n) is 14.8. The first-order valence-corrected chi connectivity index (χ1v) is 11.4. The molecule has 2 aromatic rings. The molecule has 1 aromatic heterocycles. The molecule has 1 fully saturated rings. The lowest BCUT2D eigenvalue weighted by Crippen LogP contribution is -2.28. The highest BCUT2D eigenvalue weighted by molar-refractivity contribution is 7.89. The van der Waals surface area contributed by atoms with Crippen LogP contribution in [-0.2, 0) is 33.6 Å². The van der Waals surface area contributed by atoms with Gasteiger partial charge < -0.3 is 4.57 Å². The highest BCUT2D eigenvalue weighted by atomic mass is 32.2. The molecule has 0 bridgehead atoms. The summed E-state index contributed by atoms with van der Waals surface area (Å²) in [6.07, 6.45) is 1.71. The van der Waals surface area contributed by atoms with Gasteiger partial charge in [0.15, 0.2) is 0 Å². The van der Waals surface area contributed by atoms with Crippen LogP contribution >= 0.6 is 0 Å². The summed E-state index contributed by atoms with van der Waals surface area (Å²) in [4.78, 5) is 0.167. The van der Waals surface area contributed by atoms with E-state index >= 15 is 0 Å². The van der Waals surface area contributed by atoms with Gasteiger partial charge in [-0.3, -0.25) is 0 Å². The SMILES string of the molecule is Cc1ccc(CNS(=O)(=O)c2ccc(S(=O)(=O)N3CCCC3)cc2)n1C. The summed E-state index contributed by atoms with van der Waals surface area (Å²) in [5.41, 5.74) is 1.88. The maximum absolute atomic E-state index is 12.5. The Bertz CT molecular complexity index is 987. The van der Waals surface area contributed by atoms with E-state index in [4.69, 9.17) is 0 Å². The molecule has 142 valence electrons. The van der Waals surface area contributed by atoms with Crippen molar-refractivity contribution in [3.63, 3.8) is 0 Å². The second kappa shape index (κ2) is 7.15. The Morgan fingerprint density at radius 3 is 2.04 bits per heavy atom. The molecule has 9 heteroatoms. The van der Waals surface area contributed by atoms with Gasteiger partial charge in [0.25, 0.3) is 0 Å². The number of sulfonamides is 2. The number of hydrogen-bond acceptors (Lipinski definition) is 4. The van der Waals surface area contributed by atoms with Gasteiger partial charge >= 0.3 is 0 Å². The van der Waals surface area contributed by atoms with Crippen LogP contribution in [0.5, 0.6) is 0 Å². The third kappa shape index (κ3) is 3.71. The minimum absolute atomic E-state index is 0.0452. The predicted octanol–water partition coefficient (Wildman–Crippen LogP) is 1.60. The van der Waals surface area contributed by atoms with Crippen molar-refractivity contribution in [3.05, 3.63) is 47.8 Å². The van der Waals surface area contributed by atoms with Gasteiger partial charge in [-0.15, -0.1) is 0 Å². The summed E-state index contributed by atoms with van der Waals surface area (Å²) in [5.74, 6) is 0. The molecular weight excluding hydrogens is 374 g/mol. The van der Waals surface area contributed by atoms with Gasteiger partial charge in [0.2, 0.25) is 20.0 Å². The molecule has 7 nitrogen and oxygen atoms in total. The first kappa shape index (κ1) is 19.1. The summed E-state index contributed by atoms with van der Waals surface area (Å²) in [7, 11) is -5.39. The summed E-state index contributed by atoms with van der Waals surface area (Å²) in [6.45, 7) is 3.14. The third-order valence-electron chi connectivity index (χ3n) is 4.76. The van der Waals surface area contributed by atoms with Crippen LogP contribution in [0.2, 0.25) is 0 Å². The Morgan fingerprint density at radius 1 is 0.923 bits per heavy atom. The fraction of sp³-hybridized carbons (Fsp3) is 0.412. The van der Waals surface area contributed by atoms with Crippen molar-refractivity contribution in [2.45, 2.75) is 36.1 Å². The van der Waals surface area contributed by atoms with Gasteiger partial charge in [0.1, 0.15) is 0 Å². The molecule has 3 rings (SSSR count). The Hall–Kier alpha value is -1.68. The van der Waals surface area contributed by atoms with Crippen molar-refractivity contribution < 1.29 is 16.8 Å². The van der Waals surface area contributed by atoms with E-state index < -0.39 is 20.0 Å². The van der Waals surface area contributed by atoms with Crippen molar-refractivity contribution in [2.75, 3.05) is 13.1 Å². The van der Waals surface area contributed by atoms with Crippen LogP contribution in [0.4, 0.5) is 0 Å². The highest BCUT2D eigenvalue weighted by Crippen LogP contribution is 2.22. The lowest BCUT2D eigenvalue weighted by molar-refractivity contribution is 0.477. The van der Waals surface area contributed by atoms with E-state index in [0.29, 0.717) is 13.1 Å².